The van der Waals surface area contributed by atoms with Crippen LogP contribution in [0.25, 0.3) is 22.2 Å². The fourth-order valence-electron chi connectivity index (χ4n) is 4.11. The Labute approximate surface area is 225 Å². The number of hydrazone groups is 1. The van der Waals surface area contributed by atoms with Crippen molar-refractivity contribution in [3.8, 4) is 22.8 Å². The van der Waals surface area contributed by atoms with Crippen LogP contribution < -0.4 is 14.9 Å². The average molecular weight is 520 g/mol. The first-order valence-electron chi connectivity index (χ1n) is 12.5. The molecule has 0 unspecified atom stereocenters. The molecule has 0 aliphatic rings. The predicted molar refractivity (Wildman–Crippen MR) is 151 cm³/mol. The molecule has 0 saturated heterocycles. The Morgan fingerprint density at radius 3 is 2.49 bits per heavy atom. The van der Waals surface area contributed by atoms with E-state index >= 15 is 0 Å². The number of nitrogens with one attached hydrogen (secondary N) is 1. The van der Waals surface area contributed by atoms with E-state index in [-0.39, 0.29) is 18.3 Å². The summed E-state index contributed by atoms with van der Waals surface area (Å²) in [4.78, 5) is 17.9. The van der Waals surface area contributed by atoms with E-state index in [1.807, 2.05) is 61.5 Å². The zero-order valence-electron chi connectivity index (χ0n) is 21.3. The summed E-state index contributed by atoms with van der Waals surface area (Å²) >= 11 is 0. The van der Waals surface area contributed by atoms with Crippen LogP contribution >= 0.6 is 0 Å². The Morgan fingerprint density at radius 1 is 0.897 bits per heavy atom. The molecular formula is C32H26FN3O3. The lowest BCUT2D eigenvalue weighted by Gasteiger charge is -2.13. The molecule has 39 heavy (non-hydrogen) atoms. The van der Waals surface area contributed by atoms with Gasteiger partial charge < -0.3 is 9.47 Å². The highest BCUT2D eigenvalue weighted by molar-refractivity contribution is 6.07. The van der Waals surface area contributed by atoms with Crippen LogP contribution in [0.3, 0.4) is 0 Å². The summed E-state index contributed by atoms with van der Waals surface area (Å²) in [6.45, 7) is 2.36. The van der Waals surface area contributed by atoms with Crippen LogP contribution in [0.5, 0.6) is 11.5 Å². The minimum absolute atomic E-state index is 0.0705. The molecule has 0 bridgehead atoms. The molecule has 0 aliphatic heterocycles. The molecule has 0 atom stereocenters. The van der Waals surface area contributed by atoms with Crippen molar-refractivity contribution >= 4 is 23.0 Å². The van der Waals surface area contributed by atoms with Crippen LogP contribution in [0.15, 0.2) is 108 Å². The highest BCUT2D eigenvalue weighted by atomic mass is 19.1. The maximum absolute atomic E-state index is 14.0. The number of hydrogen-bond donors (Lipinski definition) is 1. The van der Waals surface area contributed by atoms with Crippen LogP contribution in [-0.2, 0) is 6.61 Å². The Kier molecular flexibility index (Phi) is 7.88. The number of aromatic nitrogens is 1. The molecule has 0 saturated carbocycles. The topological polar surface area (TPSA) is 72.8 Å². The fourth-order valence-corrected chi connectivity index (χ4v) is 4.11. The molecule has 0 radical (unpaired) electrons. The predicted octanol–water partition coefficient (Wildman–Crippen LogP) is 6.78. The number of pyridine rings is 1. The molecule has 4 aromatic carbocycles. The lowest BCUT2D eigenvalue weighted by Crippen LogP contribution is -2.18. The van der Waals surface area contributed by atoms with Gasteiger partial charge >= 0.3 is 0 Å². The number of carbonyl (C=O) groups is 1. The highest BCUT2D eigenvalue weighted by Gasteiger charge is 2.14. The number of benzene rings is 4. The lowest BCUT2D eigenvalue weighted by atomic mass is 10.0. The maximum Gasteiger partial charge on any atom is 0.272 e. The van der Waals surface area contributed by atoms with Gasteiger partial charge in [0.2, 0.25) is 0 Å². The summed E-state index contributed by atoms with van der Waals surface area (Å²) in [6.07, 6.45) is 1.53. The van der Waals surface area contributed by atoms with Gasteiger partial charge in [-0.05, 0) is 48.9 Å². The Balaban J connectivity index is 1.33. The van der Waals surface area contributed by atoms with Gasteiger partial charge in [0.25, 0.3) is 5.91 Å². The molecule has 7 heteroatoms. The molecular weight excluding hydrogens is 493 g/mol. The van der Waals surface area contributed by atoms with E-state index in [9.17, 15) is 9.18 Å². The van der Waals surface area contributed by atoms with Crippen molar-refractivity contribution < 1.29 is 18.7 Å². The first-order valence-corrected chi connectivity index (χ1v) is 12.5. The summed E-state index contributed by atoms with van der Waals surface area (Å²) in [6, 6.07) is 30.7. The van der Waals surface area contributed by atoms with Gasteiger partial charge in [-0.2, -0.15) is 5.10 Å². The molecule has 1 amide bonds. The highest BCUT2D eigenvalue weighted by Crippen LogP contribution is 2.29. The van der Waals surface area contributed by atoms with Gasteiger partial charge in [-0.15, -0.1) is 0 Å². The van der Waals surface area contributed by atoms with Crippen molar-refractivity contribution in [3.05, 3.63) is 126 Å². The van der Waals surface area contributed by atoms with Crippen LogP contribution in [0, 0.1) is 5.82 Å². The Bertz CT molecular complexity index is 1640. The largest absolute Gasteiger partial charge is 0.490 e. The molecule has 1 aromatic heterocycles. The van der Waals surface area contributed by atoms with E-state index in [4.69, 9.17) is 14.5 Å². The third-order valence-electron chi connectivity index (χ3n) is 6.02. The summed E-state index contributed by atoms with van der Waals surface area (Å²) in [5.41, 5.74) is 6.59. The van der Waals surface area contributed by atoms with Gasteiger partial charge in [-0.25, -0.2) is 14.8 Å². The third kappa shape index (κ3) is 6.10. The number of carbonyl (C=O) groups excluding carboxylic acids is 1. The molecule has 5 aromatic rings. The monoisotopic (exact) mass is 519 g/mol. The van der Waals surface area contributed by atoms with E-state index in [0.717, 1.165) is 16.5 Å². The SMILES string of the molecule is CCOc1cc(/C=N/NC(=O)c2cc(-c3ccccc3)nc3ccccc23)ccc1OCc1ccccc1F. The number of halogens is 1. The first-order chi connectivity index (χ1) is 19.1. The number of para-hydroxylation sites is 1. The second-order valence-electron chi connectivity index (χ2n) is 8.66. The summed E-state index contributed by atoms with van der Waals surface area (Å²) in [5.74, 6) is 0.305. The maximum atomic E-state index is 14.0. The molecule has 0 fully saturated rings. The molecule has 0 aliphatic carbocycles. The zero-order chi connectivity index (χ0) is 27.0. The molecule has 0 spiro atoms. The summed E-state index contributed by atoms with van der Waals surface area (Å²) in [7, 11) is 0. The minimum Gasteiger partial charge on any atom is -0.490 e. The van der Waals surface area contributed by atoms with Gasteiger partial charge in [0.1, 0.15) is 12.4 Å². The number of fused-ring (bicyclic) bond motifs is 1. The van der Waals surface area contributed by atoms with Crippen molar-refractivity contribution in [2.45, 2.75) is 13.5 Å². The number of amides is 1. The van der Waals surface area contributed by atoms with Gasteiger partial charge in [-0.3, -0.25) is 4.79 Å². The van der Waals surface area contributed by atoms with E-state index in [1.54, 1.807) is 42.5 Å². The van der Waals surface area contributed by atoms with Gasteiger partial charge in [0, 0.05) is 16.5 Å². The fraction of sp³-hybridized carbons (Fsp3) is 0.0938. The first kappa shape index (κ1) is 25.6. The van der Waals surface area contributed by atoms with Crippen LogP contribution in [0.2, 0.25) is 0 Å². The van der Waals surface area contributed by atoms with Gasteiger partial charge in [0.05, 0.1) is 29.6 Å². The average Bonchev–Trinajstić information content (AvgIpc) is 2.97. The van der Waals surface area contributed by atoms with Crippen LogP contribution in [0.4, 0.5) is 4.39 Å². The smallest absolute Gasteiger partial charge is 0.272 e. The van der Waals surface area contributed by atoms with Crippen molar-refractivity contribution in [2.24, 2.45) is 5.10 Å². The summed E-state index contributed by atoms with van der Waals surface area (Å²) in [5, 5.41) is 4.91. The Morgan fingerprint density at radius 2 is 1.67 bits per heavy atom. The second kappa shape index (κ2) is 12.0. The van der Waals surface area contributed by atoms with E-state index in [1.165, 1.54) is 12.3 Å². The molecule has 1 heterocycles. The van der Waals surface area contributed by atoms with Gasteiger partial charge in [0.15, 0.2) is 11.5 Å². The standard InChI is InChI=1S/C32H26FN3O3/c1-2-38-31-18-22(16-17-30(31)39-21-24-12-6-8-14-27(24)33)20-34-36-32(37)26-19-29(23-10-4-3-5-11-23)35-28-15-9-7-13-25(26)28/h3-20H,2,21H2,1H3,(H,36,37)/b34-20+. The quantitative estimate of drug-likeness (QED) is 0.172. The zero-order valence-corrected chi connectivity index (χ0v) is 21.3. The molecule has 5 rings (SSSR count). The number of hydrogen-bond acceptors (Lipinski definition) is 5. The molecule has 194 valence electrons. The Hall–Kier alpha value is -5.04. The van der Waals surface area contributed by atoms with Crippen LogP contribution in [-0.4, -0.2) is 23.7 Å². The van der Waals surface area contributed by atoms with Crippen molar-refractivity contribution in [1.82, 2.24) is 10.4 Å². The second-order valence-corrected chi connectivity index (χ2v) is 8.66. The third-order valence-corrected chi connectivity index (χ3v) is 6.02. The van der Waals surface area contributed by atoms with Crippen molar-refractivity contribution in [1.29, 1.82) is 0 Å². The number of ether oxygens (including phenoxy) is 2. The normalized spacial score (nSPS) is 11.0. The van der Waals surface area contributed by atoms with Gasteiger partial charge in [-0.1, -0.05) is 66.7 Å². The minimum atomic E-state index is -0.350. The van der Waals surface area contributed by atoms with E-state index < -0.39 is 0 Å². The number of rotatable bonds is 9. The summed E-state index contributed by atoms with van der Waals surface area (Å²) < 4.78 is 25.5. The lowest BCUT2D eigenvalue weighted by molar-refractivity contribution is 0.0956. The van der Waals surface area contributed by atoms with Crippen molar-refractivity contribution in [3.63, 3.8) is 0 Å². The van der Waals surface area contributed by atoms with Crippen molar-refractivity contribution in [2.75, 3.05) is 6.61 Å². The van der Waals surface area contributed by atoms with E-state index in [2.05, 4.69) is 10.5 Å². The van der Waals surface area contributed by atoms with Crippen LogP contribution in [0.1, 0.15) is 28.4 Å². The number of nitrogens with zero attached hydrogens (tertiary/aromatic N) is 2. The molecule has 6 nitrogen and oxygen atoms in total. The molecule has 1 N–H and O–H groups in total. The van der Waals surface area contributed by atoms with E-state index in [0.29, 0.717) is 40.5 Å².